The molecule has 0 aromatic heterocycles. The molecule has 4 nitrogen and oxygen atoms in total. The van der Waals surface area contributed by atoms with Gasteiger partial charge in [0.25, 0.3) is 0 Å². The van der Waals surface area contributed by atoms with Crippen molar-refractivity contribution in [3.63, 3.8) is 0 Å². The summed E-state index contributed by atoms with van der Waals surface area (Å²) in [7, 11) is 0. The van der Waals surface area contributed by atoms with Crippen LogP contribution in [0.15, 0.2) is 46.9 Å². The predicted octanol–water partition coefficient (Wildman–Crippen LogP) is 4.66. The summed E-state index contributed by atoms with van der Waals surface area (Å²) >= 11 is 3.44. The molecule has 0 atom stereocenters. The van der Waals surface area contributed by atoms with Crippen LogP contribution < -0.4 is 15.4 Å². The van der Waals surface area contributed by atoms with Crippen LogP contribution in [0.1, 0.15) is 17.5 Å². The maximum Gasteiger partial charge on any atom is 0.319 e. The molecule has 0 saturated carbocycles. The molecule has 0 fully saturated rings. The lowest BCUT2D eigenvalue weighted by Gasteiger charge is -2.10. The van der Waals surface area contributed by atoms with Crippen LogP contribution in [0, 0.1) is 13.8 Å². The molecule has 2 aromatic carbocycles. The van der Waals surface area contributed by atoms with Gasteiger partial charge in [-0.1, -0.05) is 23.8 Å². The molecule has 122 valence electrons. The first-order chi connectivity index (χ1) is 11.0. The minimum absolute atomic E-state index is 0.218. The van der Waals surface area contributed by atoms with Crippen molar-refractivity contribution in [1.29, 1.82) is 0 Å². The molecule has 2 N–H and O–H groups in total. The van der Waals surface area contributed by atoms with Crippen molar-refractivity contribution in [2.24, 2.45) is 0 Å². The van der Waals surface area contributed by atoms with Crippen LogP contribution in [0.25, 0.3) is 0 Å². The zero-order valence-electron chi connectivity index (χ0n) is 13.4. The van der Waals surface area contributed by atoms with Crippen molar-refractivity contribution >= 4 is 27.6 Å². The monoisotopic (exact) mass is 376 g/mol. The number of hydrogen-bond donors (Lipinski definition) is 2. The SMILES string of the molecule is Cc1ccc(OCCCNC(=O)Nc2ccc(C)cc2Br)cc1. The van der Waals surface area contributed by atoms with Gasteiger partial charge in [0.15, 0.2) is 0 Å². The lowest BCUT2D eigenvalue weighted by Crippen LogP contribution is -2.30. The molecular weight excluding hydrogens is 356 g/mol. The quantitative estimate of drug-likeness (QED) is 0.720. The highest BCUT2D eigenvalue weighted by Gasteiger charge is 2.04. The van der Waals surface area contributed by atoms with E-state index in [0.29, 0.717) is 13.2 Å². The third-order valence-electron chi connectivity index (χ3n) is 3.27. The van der Waals surface area contributed by atoms with Crippen LogP contribution in [0.2, 0.25) is 0 Å². The number of aryl methyl sites for hydroxylation is 2. The van der Waals surface area contributed by atoms with Gasteiger partial charge in [-0.05, 0) is 66.0 Å². The third-order valence-corrected chi connectivity index (χ3v) is 3.93. The molecule has 0 aliphatic rings. The number of carbonyl (C=O) groups excluding carboxylic acids is 1. The minimum Gasteiger partial charge on any atom is -0.494 e. The van der Waals surface area contributed by atoms with Crippen LogP contribution >= 0.6 is 15.9 Å². The van der Waals surface area contributed by atoms with Crippen molar-refractivity contribution in [1.82, 2.24) is 5.32 Å². The van der Waals surface area contributed by atoms with Gasteiger partial charge in [-0.2, -0.15) is 0 Å². The van der Waals surface area contributed by atoms with Crippen LogP contribution in [-0.2, 0) is 0 Å². The molecule has 0 spiro atoms. The zero-order chi connectivity index (χ0) is 16.7. The Hall–Kier alpha value is -2.01. The van der Waals surface area contributed by atoms with Gasteiger partial charge in [-0.3, -0.25) is 0 Å². The maximum absolute atomic E-state index is 11.8. The number of urea groups is 1. The summed E-state index contributed by atoms with van der Waals surface area (Å²) < 4.78 is 6.48. The van der Waals surface area contributed by atoms with Crippen LogP contribution in [0.4, 0.5) is 10.5 Å². The van der Waals surface area contributed by atoms with E-state index in [1.54, 1.807) is 0 Å². The zero-order valence-corrected chi connectivity index (χ0v) is 14.9. The Bertz CT molecular complexity index is 657. The fourth-order valence-corrected chi connectivity index (χ4v) is 2.58. The number of carbonyl (C=O) groups is 1. The van der Waals surface area contributed by atoms with Crippen molar-refractivity contribution in [3.8, 4) is 5.75 Å². The average molecular weight is 377 g/mol. The van der Waals surface area contributed by atoms with E-state index in [2.05, 4.69) is 26.6 Å². The second kappa shape index (κ2) is 8.58. The van der Waals surface area contributed by atoms with Gasteiger partial charge in [-0.25, -0.2) is 4.79 Å². The summed E-state index contributed by atoms with van der Waals surface area (Å²) in [4.78, 5) is 11.8. The van der Waals surface area contributed by atoms with Gasteiger partial charge in [0.05, 0.1) is 12.3 Å². The first-order valence-electron chi connectivity index (χ1n) is 7.55. The molecule has 0 unspecified atom stereocenters. The van der Waals surface area contributed by atoms with E-state index in [1.165, 1.54) is 5.56 Å². The van der Waals surface area contributed by atoms with E-state index in [4.69, 9.17) is 4.74 Å². The third kappa shape index (κ3) is 5.94. The Morgan fingerprint density at radius 1 is 1.09 bits per heavy atom. The standard InChI is InChI=1S/C18H21BrN2O2/c1-13-4-7-15(8-5-13)23-11-3-10-20-18(22)21-17-9-6-14(2)12-16(17)19/h4-9,12H,3,10-11H2,1-2H3,(H2,20,21,22). The van der Waals surface area contributed by atoms with Crippen molar-refractivity contribution in [2.45, 2.75) is 20.3 Å². The molecule has 2 rings (SSSR count). The lowest BCUT2D eigenvalue weighted by molar-refractivity contribution is 0.250. The average Bonchev–Trinajstić information content (AvgIpc) is 2.51. The molecular formula is C18H21BrN2O2. The fraction of sp³-hybridized carbons (Fsp3) is 0.278. The molecule has 0 saturated heterocycles. The van der Waals surface area contributed by atoms with E-state index in [1.807, 2.05) is 56.3 Å². The van der Waals surface area contributed by atoms with E-state index in [-0.39, 0.29) is 6.03 Å². The summed E-state index contributed by atoms with van der Waals surface area (Å²) in [5.74, 6) is 0.851. The van der Waals surface area contributed by atoms with Gasteiger partial charge < -0.3 is 15.4 Å². The normalized spacial score (nSPS) is 10.2. The van der Waals surface area contributed by atoms with Gasteiger partial charge in [0.2, 0.25) is 0 Å². The Kier molecular flexibility index (Phi) is 6.47. The molecule has 0 aliphatic carbocycles. The van der Waals surface area contributed by atoms with E-state index in [9.17, 15) is 4.79 Å². The van der Waals surface area contributed by atoms with Gasteiger partial charge >= 0.3 is 6.03 Å². The van der Waals surface area contributed by atoms with Crippen LogP contribution in [0.3, 0.4) is 0 Å². The molecule has 0 bridgehead atoms. The van der Waals surface area contributed by atoms with E-state index in [0.717, 1.165) is 27.9 Å². The number of hydrogen-bond acceptors (Lipinski definition) is 2. The summed E-state index contributed by atoms with van der Waals surface area (Å²) in [6.07, 6.45) is 0.746. The molecule has 0 heterocycles. The number of ether oxygens (including phenoxy) is 1. The summed E-state index contributed by atoms with van der Waals surface area (Å²) in [5.41, 5.74) is 3.10. The second-order valence-corrected chi connectivity index (χ2v) is 6.23. The largest absolute Gasteiger partial charge is 0.494 e. The summed E-state index contributed by atoms with van der Waals surface area (Å²) in [5, 5.41) is 5.63. The van der Waals surface area contributed by atoms with Gasteiger partial charge in [0, 0.05) is 11.0 Å². The van der Waals surface area contributed by atoms with E-state index < -0.39 is 0 Å². The first kappa shape index (κ1) is 17.3. The van der Waals surface area contributed by atoms with Crippen molar-refractivity contribution in [2.75, 3.05) is 18.5 Å². The van der Waals surface area contributed by atoms with Crippen LogP contribution in [0.5, 0.6) is 5.75 Å². The molecule has 5 heteroatoms. The summed E-state index contributed by atoms with van der Waals surface area (Å²) in [6, 6.07) is 13.5. The molecule has 0 aliphatic heterocycles. The molecule has 2 amide bonds. The number of halogens is 1. The summed E-state index contributed by atoms with van der Waals surface area (Å²) in [6.45, 7) is 5.17. The van der Waals surface area contributed by atoms with Crippen molar-refractivity contribution < 1.29 is 9.53 Å². The number of anilines is 1. The highest BCUT2D eigenvalue weighted by Crippen LogP contribution is 2.23. The van der Waals surface area contributed by atoms with Gasteiger partial charge in [0.1, 0.15) is 5.75 Å². The van der Waals surface area contributed by atoms with E-state index >= 15 is 0 Å². The van der Waals surface area contributed by atoms with Gasteiger partial charge in [-0.15, -0.1) is 0 Å². The van der Waals surface area contributed by atoms with Crippen LogP contribution in [-0.4, -0.2) is 19.2 Å². The Morgan fingerprint density at radius 3 is 2.48 bits per heavy atom. The number of benzene rings is 2. The topological polar surface area (TPSA) is 50.4 Å². The fourth-order valence-electron chi connectivity index (χ4n) is 1.99. The maximum atomic E-state index is 11.8. The smallest absolute Gasteiger partial charge is 0.319 e. The number of nitrogens with one attached hydrogen (secondary N) is 2. The van der Waals surface area contributed by atoms with Crippen molar-refractivity contribution in [3.05, 3.63) is 58.1 Å². The highest BCUT2D eigenvalue weighted by atomic mass is 79.9. The molecule has 0 radical (unpaired) electrons. The lowest BCUT2D eigenvalue weighted by atomic mass is 10.2. The Balaban J connectivity index is 1.65. The predicted molar refractivity (Wildman–Crippen MR) is 97.2 cm³/mol. The highest BCUT2D eigenvalue weighted by molar-refractivity contribution is 9.10. The Morgan fingerprint density at radius 2 is 1.78 bits per heavy atom. The minimum atomic E-state index is -0.218. The second-order valence-electron chi connectivity index (χ2n) is 5.38. The first-order valence-corrected chi connectivity index (χ1v) is 8.34. The number of amides is 2. The number of rotatable bonds is 6. The molecule has 2 aromatic rings. The Labute approximate surface area is 145 Å². The molecule has 23 heavy (non-hydrogen) atoms.